The molecule has 2 heterocycles. The quantitative estimate of drug-likeness (QED) is 0.432. The van der Waals surface area contributed by atoms with Gasteiger partial charge in [0.2, 0.25) is 5.91 Å². The number of Topliss-reactive ketones (excluding diaryl/α,β-unsaturated/α-hetero) is 1. The minimum atomic E-state index is -0.829. The average molecular weight is 557 g/mol. The Kier molecular flexibility index (Phi) is 7.01. The molecule has 1 aliphatic carbocycles. The summed E-state index contributed by atoms with van der Waals surface area (Å²) in [5.41, 5.74) is 3.82. The molecule has 3 aromatic rings. The number of hydrogen-bond acceptors (Lipinski definition) is 5. The smallest absolute Gasteiger partial charge is 0.242 e. The van der Waals surface area contributed by atoms with Crippen molar-refractivity contribution in [2.45, 2.75) is 32.7 Å². The van der Waals surface area contributed by atoms with Gasteiger partial charge in [0.05, 0.1) is 24.0 Å². The minimum Gasteiger partial charge on any atom is -0.368 e. The molecule has 0 radical (unpaired) electrons. The molecule has 6 rings (SSSR count). The zero-order valence-electron chi connectivity index (χ0n) is 23.4. The molecule has 3 aromatic carbocycles. The molecule has 0 spiro atoms. The molecule has 0 bridgehead atoms. The first kappa shape index (κ1) is 27.0. The molecule has 3 aliphatic rings. The van der Waals surface area contributed by atoms with E-state index in [0.717, 1.165) is 23.1 Å². The van der Waals surface area contributed by atoms with Crippen LogP contribution >= 0.6 is 0 Å². The average Bonchev–Trinajstić information content (AvgIpc) is 3.07. The summed E-state index contributed by atoms with van der Waals surface area (Å²) in [5.74, 6) is -1.62. The molecule has 1 fully saturated rings. The van der Waals surface area contributed by atoms with Gasteiger partial charge in [-0.1, -0.05) is 44.2 Å². The van der Waals surface area contributed by atoms with E-state index in [1.54, 1.807) is 0 Å². The van der Waals surface area contributed by atoms with Crippen molar-refractivity contribution in [2.75, 3.05) is 47.8 Å². The number of amides is 1. The SMILES string of the molecule is CC1(C)CC(=O)C2=C(C1)Nc1ccccc1N(CC(=O)N1CCN(c3ccccc3)CC1)C2c1cc(F)cc(F)c1. The Morgan fingerprint density at radius 2 is 1.56 bits per heavy atom. The highest BCUT2D eigenvalue weighted by molar-refractivity contribution is 6.02. The van der Waals surface area contributed by atoms with E-state index < -0.39 is 17.7 Å². The van der Waals surface area contributed by atoms with Gasteiger partial charge in [-0.3, -0.25) is 9.59 Å². The van der Waals surface area contributed by atoms with Crippen molar-refractivity contribution >= 4 is 28.8 Å². The van der Waals surface area contributed by atoms with Gasteiger partial charge >= 0.3 is 0 Å². The van der Waals surface area contributed by atoms with E-state index in [2.05, 4.69) is 22.3 Å². The first-order valence-corrected chi connectivity index (χ1v) is 14.1. The lowest BCUT2D eigenvalue weighted by Crippen LogP contribution is -2.52. The lowest BCUT2D eigenvalue weighted by molar-refractivity contribution is -0.130. The number of benzene rings is 3. The van der Waals surface area contributed by atoms with Gasteiger partial charge in [-0.15, -0.1) is 0 Å². The van der Waals surface area contributed by atoms with E-state index in [9.17, 15) is 18.4 Å². The van der Waals surface area contributed by atoms with Gasteiger partial charge in [-0.2, -0.15) is 0 Å². The van der Waals surface area contributed by atoms with E-state index in [0.29, 0.717) is 55.8 Å². The van der Waals surface area contributed by atoms with Crippen LogP contribution in [0.5, 0.6) is 0 Å². The van der Waals surface area contributed by atoms with Crippen molar-refractivity contribution in [3.05, 3.63) is 101 Å². The predicted molar refractivity (Wildman–Crippen MR) is 157 cm³/mol. The first-order chi connectivity index (χ1) is 19.7. The third kappa shape index (κ3) is 5.43. The molecule has 6 nitrogen and oxygen atoms in total. The third-order valence-electron chi connectivity index (χ3n) is 8.26. The summed E-state index contributed by atoms with van der Waals surface area (Å²) in [4.78, 5) is 33.6. The second kappa shape index (κ2) is 10.7. The Morgan fingerprint density at radius 3 is 2.27 bits per heavy atom. The fraction of sp³-hybridized carbons (Fsp3) is 0.333. The van der Waals surface area contributed by atoms with E-state index >= 15 is 0 Å². The fourth-order valence-electron chi connectivity index (χ4n) is 6.41. The Bertz CT molecular complexity index is 1490. The number of fused-ring (bicyclic) bond motifs is 1. The summed E-state index contributed by atoms with van der Waals surface area (Å²) < 4.78 is 29.3. The summed E-state index contributed by atoms with van der Waals surface area (Å²) in [6.45, 7) is 6.56. The highest BCUT2D eigenvalue weighted by atomic mass is 19.1. The number of nitrogens with zero attached hydrogens (tertiary/aromatic N) is 3. The molecule has 0 saturated carbocycles. The van der Waals surface area contributed by atoms with Crippen LogP contribution in [0.4, 0.5) is 25.8 Å². The van der Waals surface area contributed by atoms with Crippen molar-refractivity contribution < 1.29 is 18.4 Å². The normalized spacial score (nSPS) is 20.2. The number of halogens is 2. The Balaban J connectivity index is 1.38. The Morgan fingerprint density at radius 1 is 0.902 bits per heavy atom. The Labute approximate surface area is 239 Å². The second-order valence-electron chi connectivity index (χ2n) is 11.9. The van der Waals surface area contributed by atoms with E-state index in [-0.39, 0.29) is 23.7 Å². The fourth-order valence-corrected chi connectivity index (χ4v) is 6.41. The van der Waals surface area contributed by atoms with Crippen molar-refractivity contribution in [3.63, 3.8) is 0 Å². The monoisotopic (exact) mass is 556 g/mol. The highest BCUT2D eigenvalue weighted by Gasteiger charge is 2.42. The number of anilines is 3. The van der Waals surface area contributed by atoms with Crippen molar-refractivity contribution in [3.8, 4) is 0 Å². The van der Waals surface area contributed by atoms with Gasteiger partial charge in [0.25, 0.3) is 0 Å². The number of para-hydroxylation sites is 3. The number of hydrogen-bond donors (Lipinski definition) is 1. The van der Waals surface area contributed by atoms with Crippen LogP contribution < -0.4 is 15.1 Å². The number of allylic oxidation sites excluding steroid dienone is 1. The van der Waals surface area contributed by atoms with Gasteiger partial charge in [0.1, 0.15) is 11.6 Å². The van der Waals surface area contributed by atoms with Crippen LogP contribution in [0.1, 0.15) is 38.3 Å². The maximum Gasteiger partial charge on any atom is 0.242 e. The summed E-state index contributed by atoms with van der Waals surface area (Å²) in [6.07, 6.45) is 0.904. The number of carbonyl (C=O) groups excluding carboxylic acids is 2. The summed E-state index contributed by atoms with van der Waals surface area (Å²) in [6, 6.07) is 20.2. The highest BCUT2D eigenvalue weighted by Crippen LogP contribution is 2.48. The van der Waals surface area contributed by atoms with Gasteiger partial charge in [0, 0.05) is 55.6 Å². The van der Waals surface area contributed by atoms with Crippen LogP contribution in [-0.2, 0) is 9.59 Å². The largest absolute Gasteiger partial charge is 0.368 e. The van der Waals surface area contributed by atoms with Gasteiger partial charge in [-0.25, -0.2) is 8.78 Å². The summed E-state index contributed by atoms with van der Waals surface area (Å²) in [5, 5.41) is 3.48. The second-order valence-corrected chi connectivity index (χ2v) is 11.9. The number of nitrogens with one attached hydrogen (secondary N) is 1. The maximum atomic E-state index is 14.6. The van der Waals surface area contributed by atoms with Crippen LogP contribution in [-0.4, -0.2) is 49.3 Å². The topological polar surface area (TPSA) is 55.9 Å². The molecule has 8 heteroatoms. The van der Waals surface area contributed by atoms with E-state index in [4.69, 9.17) is 0 Å². The minimum absolute atomic E-state index is 0.0414. The standard InChI is InChI=1S/C33H34F2N4O2/c1-33(2)19-27-31(29(40)20-33)32(22-16-23(34)18-24(35)17-22)39(28-11-7-6-10-26(28)36-27)21-30(41)38-14-12-37(13-15-38)25-8-4-3-5-9-25/h3-11,16-18,32,36H,12-15,19-21H2,1-2H3. The van der Waals surface area contributed by atoms with Gasteiger partial charge in [-0.05, 0) is 53.8 Å². The number of piperazine rings is 1. The molecule has 1 atom stereocenters. The zero-order chi connectivity index (χ0) is 28.7. The lowest BCUT2D eigenvalue weighted by atomic mass is 9.73. The number of carbonyl (C=O) groups is 2. The Hall–Kier alpha value is -4.20. The molecule has 1 N–H and O–H groups in total. The van der Waals surface area contributed by atoms with Crippen molar-refractivity contribution in [1.82, 2.24) is 4.90 Å². The van der Waals surface area contributed by atoms with Crippen LogP contribution in [0.25, 0.3) is 0 Å². The summed E-state index contributed by atoms with van der Waals surface area (Å²) >= 11 is 0. The third-order valence-corrected chi connectivity index (χ3v) is 8.26. The van der Waals surface area contributed by atoms with Crippen molar-refractivity contribution in [2.24, 2.45) is 5.41 Å². The predicted octanol–water partition coefficient (Wildman–Crippen LogP) is 5.93. The summed E-state index contributed by atoms with van der Waals surface area (Å²) in [7, 11) is 0. The van der Waals surface area contributed by atoms with Gasteiger partial charge in [0.15, 0.2) is 5.78 Å². The molecule has 1 unspecified atom stereocenters. The number of ketones is 1. The molecule has 1 saturated heterocycles. The molecule has 2 aliphatic heterocycles. The lowest BCUT2D eigenvalue weighted by Gasteiger charge is -2.40. The van der Waals surface area contributed by atoms with Crippen LogP contribution in [0.3, 0.4) is 0 Å². The maximum absolute atomic E-state index is 14.6. The van der Waals surface area contributed by atoms with Crippen LogP contribution in [0, 0.1) is 17.0 Å². The molecular weight excluding hydrogens is 522 g/mol. The molecule has 1 amide bonds. The van der Waals surface area contributed by atoms with E-state index in [1.807, 2.05) is 66.1 Å². The molecule has 212 valence electrons. The zero-order valence-corrected chi connectivity index (χ0v) is 23.4. The van der Waals surface area contributed by atoms with Crippen molar-refractivity contribution in [1.29, 1.82) is 0 Å². The number of rotatable bonds is 4. The first-order valence-electron chi connectivity index (χ1n) is 14.1. The molecule has 0 aromatic heterocycles. The van der Waals surface area contributed by atoms with Crippen LogP contribution in [0.15, 0.2) is 84.1 Å². The van der Waals surface area contributed by atoms with E-state index in [1.165, 1.54) is 12.1 Å². The molecule has 41 heavy (non-hydrogen) atoms. The molecular formula is C33H34F2N4O2. The van der Waals surface area contributed by atoms with Crippen LogP contribution in [0.2, 0.25) is 0 Å². The van der Waals surface area contributed by atoms with Gasteiger partial charge < -0.3 is 20.0 Å².